The molecule has 0 atom stereocenters. The summed E-state index contributed by atoms with van der Waals surface area (Å²) in [5, 5.41) is 5.08. The Bertz CT molecular complexity index is 1260. The van der Waals surface area contributed by atoms with Crippen LogP contribution in [0.25, 0.3) is 6.08 Å². The first-order valence-electron chi connectivity index (χ1n) is 10.4. The Hall–Kier alpha value is -3.34. The van der Waals surface area contributed by atoms with Crippen molar-refractivity contribution in [2.24, 2.45) is 0 Å². The topological polar surface area (TPSA) is 97.8 Å². The molecular weight excluding hydrogens is 510 g/mol. The normalized spacial score (nSPS) is 14.5. The molecule has 1 aromatic heterocycles. The van der Waals surface area contributed by atoms with E-state index in [0.29, 0.717) is 33.8 Å². The number of halogens is 1. The van der Waals surface area contributed by atoms with E-state index in [-0.39, 0.29) is 23.8 Å². The van der Waals surface area contributed by atoms with Crippen molar-refractivity contribution in [2.45, 2.75) is 13.0 Å². The van der Waals surface area contributed by atoms with Gasteiger partial charge >= 0.3 is 0 Å². The van der Waals surface area contributed by atoms with Gasteiger partial charge in [0.15, 0.2) is 16.6 Å². The van der Waals surface area contributed by atoms with E-state index in [1.165, 1.54) is 18.4 Å². The molecule has 1 N–H and O–H groups in total. The fraction of sp³-hybridized carbons (Fsp3) is 0.167. The number of ether oxygens (including phenoxy) is 2. The first-order chi connectivity index (χ1) is 16.9. The number of nitrogens with zero attached hydrogens (tertiary/aromatic N) is 2. The standard InChI is InChI=1S/C24H20ClN3O5S2/c1-32-19-12-16(4-7-18(19)33-14-15-2-5-17(25)6-3-15)13-20-22(30)28(24(31)35-20)10-8-21(29)27-23-26-9-11-34-23/h2-7,9,11-13H,8,10,14H2,1H3,(H,26,27,29)/b20-13-. The molecule has 0 saturated carbocycles. The highest BCUT2D eigenvalue weighted by molar-refractivity contribution is 8.18. The van der Waals surface area contributed by atoms with Crippen LogP contribution in [0.15, 0.2) is 58.9 Å². The number of thioether (sulfide) groups is 1. The van der Waals surface area contributed by atoms with Crippen molar-refractivity contribution in [3.63, 3.8) is 0 Å². The summed E-state index contributed by atoms with van der Waals surface area (Å²) in [6.45, 7) is 0.321. The van der Waals surface area contributed by atoms with Gasteiger partial charge in [-0.2, -0.15) is 0 Å². The van der Waals surface area contributed by atoms with Crippen LogP contribution in [0.3, 0.4) is 0 Å². The summed E-state index contributed by atoms with van der Waals surface area (Å²) < 4.78 is 11.3. The van der Waals surface area contributed by atoms with Crippen LogP contribution in [-0.2, 0) is 16.2 Å². The van der Waals surface area contributed by atoms with Gasteiger partial charge in [-0.1, -0.05) is 29.8 Å². The minimum absolute atomic E-state index is 0.0139. The molecule has 8 nitrogen and oxygen atoms in total. The van der Waals surface area contributed by atoms with Crippen LogP contribution in [0, 0.1) is 0 Å². The molecule has 1 saturated heterocycles. The number of carbonyl (C=O) groups excluding carboxylic acids is 3. The molecule has 1 aliphatic rings. The predicted octanol–water partition coefficient (Wildman–Crippen LogP) is 5.45. The second-order valence-electron chi connectivity index (χ2n) is 7.29. The number of imide groups is 1. The molecule has 35 heavy (non-hydrogen) atoms. The molecular formula is C24H20ClN3O5S2. The average molecular weight is 530 g/mol. The van der Waals surface area contributed by atoms with Crippen molar-refractivity contribution in [3.05, 3.63) is 75.1 Å². The summed E-state index contributed by atoms with van der Waals surface area (Å²) in [6, 6.07) is 12.6. The number of hydrogen-bond acceptors (Lipinski definition) is 8. The zero-order valence-corrected chi connectivity index (χ0v) is 20.9. The van der Waals surface area contributed by atoms with Crippen molar-refractivity contribution in [3.8, 4) is 11.5 Å². The van der Waals surface area contributed by atoms with Crippen LogP contribution in [0.2, 0.25) is 5.02 Å². The average Bonchev–Trinajstić information content (AvgIpc) is 3.45. The molecule has 4 rings (SSSR count). The molecule has 2 aromatic carbocycles. The second kappa shape index (κ2) is 11.4. The van der Waals surface area contributed by atoms with Gasteiger partial charge in [0.25, 0.3) is 11.1 Å². The highest BCUT2D eigenvalue weighted by Crippen LogP contribution is 2.35. The summed E-state index contributed by atoms with van der Waals surface area (Å²) in [5.41, 5.74) is 1.63. The van der Waals surface area contributed by atoms with Crippen LogP contribution in [0.1, 0.15) is 17.5 Å². The number of amides is 3. The summed E-state index contributed by atoms with van der Waals surface area (Å²) >= 11 is 8.04. The van der Waals surface area contributed by atoms with Gasteiger partial charge in [0, 0.05) is 29.6 Å². The number of nitrogens with one attached hydrogen (secondary N) is 1. The predicted molar refractivity (Wildman–Crippen MR) is 137 cm³/mol. The lowest BCUT2D eigenvalue weighted by Gasteiger charge is -2.12. The number of methoxy groups -OCH3 is 1. The number of carbonyl (C=O) groups is 3. The van der Waals surface area contributed by atoms with Crippen molar-refractivity contribution in [1.29, 1.82) is 0 Å². The number of rotatable bonds is 9. The third-order valence-electron chi connectivity index (χ3n) is 4.91. The Balaban J connectivity index is 1.39. The van der Waals surface area contributed by atoms with Crippen LogP contribution in [-0.4, -0.2) is 40.6 Å². The van der Waals surface area contributed by atoms with E-state index in [2.05, 4.69) is 10.3 Å². The fourth-order valence-corrected chi connectivity index (χ4v) is 4.70. The van der Waals surface area contributed by atoms with Gasteiger partial charge < -0.3 is 14.8 Å². The number of aromatic nitrogens is 1. The molecule has 0 spiro atoms. The number of thiazole rings is 1. The molecule has 11 heteroatoms. The first-order valence-corrected chi connectivity index (χ1v) is 12.5. The van der Waals surface area contributed by atoms with Gasteiger partial charge in [0.1, 0.15) is 6.61 Å². The Kier molecular flexibility index (Phi) is 8.06. The lowest BCUT2D eigenvalue weighted by atomic mass is 10.1. The van der Waals surface area contributed by atoms with E-state index in [1.54, 1.807) is 48.0 Å². The first kappa shape index (κ1) is 24.8. The monoisotopic (exact) mass is 529 g/mol. The van der Waals surface area contributed by atoms with Crippen molar-refractivity contribution >= 4 is 63.0 Å². The molecule has 1 aliphatic heterocycles. The smallest absolute Gasteiger partial charge is 0.293 e. The molecule has 0 unspecified atom stereocenters. The van der Waals surface area contributed by atoms with Gasteiger partial charge in [0.05, 0.1) is 12.0 Å². The van der Waals surface area contributed by atoms with Crippen molar-refractivity contribution in [1.82, 2.24) is 9.88 Å². The Morgan fingerprint density at radius 3 is 2.69 bits per heavy atom. The molecule has 3 amide bonds. The minimum Gasteiger partial charge on any atom is -0.493 e. The summed E-state index contributed by atoms with van der Waals surface area (Å²) in [5.74, 6) is 0.274. The molecule has 3 aromatic rings. The van der Waals surface area contributed by atoms with Crippen LogP contribution in [0.5, 0.6) is 11.5 Å². The molecule has 1 fully saturated rings. The third-order valence-corrected chi connectivity index (χ3v) is 6.76. The quantitative estimate of drug-likeness (QED) is 0.368. The maximum absolute atomic E-state index is 12.8. The lowest BCUT2D eigenvalue weighted by molar-refractivity contribution is -0.123. The van der Waals surface area contributed by atoms with Crippen molar-refractivity contribution in [2.75, 3.05) is 19.0 Å². The molecule has 180 valence electrons. The van der Waals surface area contributed by atoms with E-state index >= 15 is 0 Å². The summed E-state index contributed by atoms with van der Waals surface area (Å²) in [7, 11) is 1.53. The summed E-state index contributed by atoms with van der Waals surface area (Å²) in [6.07, 6.45) is 3.18. The highest BCUT2D eigenvalue weighted by atomic mass is 35.5. The molecule has 2 heterocycles. The van der Waals surface area contributed by atoms with E-state index in [1.807, 2.05) is 12.1 Å². The Morgan fingerprint density at radius 2 is 1.97 bits per heavy atom. The van der Waals surface area contributed by atoms with Gasteiger partial charge in [0.2, 0.25) is 5.91 Å². The lowest BCUT2D eigenvalue weighted by Crippen LogP contribution is -2.31. The molecule has 0 aliphatic carbocycles. The zero-order valence-electron chi connectivity index (χ0n) is 18.5. The third kappa shape index (κ3) is 6.41. The number of benzene rings is 2. The molecule has 0 radical (unpaired) electrons. The maximum atomic E-state index is 12.8. The van der Waals surface area contributed by atoms with Gasteiger partial charge in [-0.25, -0.2) is 4.98 Å². The second-order valence-corrected chi connectivity index (χ2v) is 9.62. The van der Waals surface area contributed by atoms with E-state index in [0.717, 1.165) is 22.2 Å². The Labute approximate surface area is 214 Å². The Morgan fingerprint density at radius 1 is 1.17 bits per heavy atom. The van der Waals surface area contributed by atoms with E-state index in [4.69, 9.17) is 21.1 Å². The van der Waals surface area contributed by atoms with E-state index in [9.17, 15) is 14.4 Å². The highest BCUT2D eigenvalue weighted by Gasteiger charge is 2.35. The SMILES string of the molecule is COc1cc(/C=C2\SC(=O)N(CCC(=O)Nc3nccs3)C2=O)ccc1OCc1ccc(Cl)cc1. The number of hydrogen-bond donors (Lipinski definition) is 1. The fourth-order valence-electron chi connectivity index (χ4n) is 3.16. The number of anilines is 1. The largest absolute Gasteiger partial charge is 0.493 e. The summed E-state index contributed by atoms with van der Waals surface area (Å²) in [4.78, 5) is 42.5. The van der Waals surface area contributed by atoms with Crippen LogP contribution in [0.4, 0.5) is 9.93 Å². The zero-order chi connectivity index (χ0) is 24.8. The van der Waals surface area contributed by atoms with Crippen LogP contribution < -0.4 is 14.8 Å². The van der Waals surface area contributed by atoms with Gasteiger partial charge in [-0.15, -0.1) is 11.3 Å². The molecule has 0 bridgehead atoms. The van der Waals surface area contributed by atoms with Gasteiger partial charge in [-0.05, 0) is 53.2 Å². The van der Waals surface area contributed by atoms with Crippen molar-refractivity contribution < 1.29 is 23.9 Å². The van der Waals surface area contributed by atoms with Crippen LogP contribution >= 0.6 is 34.7 Å². The maximum Gasteiger partial charge on any atom is 0.293 e. The van der Waals surface area contributed by atoms with E-state index < -0.39 is 11.1 Å². The van der Waals surface area contributed by atoms with Gasteiger partial charge in [-0.3, -0.25) is 19.3 Å². The minimum atomic E-state index is -0.441.